The Labute approximate surface area is 148 Å². The number of hydrogen-bond acceptors (Lipinski definition) is 6. The number of non-ortho nitro benzene ring substituents is 1. The summed E-state index contributed by atoms with van der Waals surface area (Å²) in [6.07, 6.45) is 4.14. The van der Waals surface area contributed by atoms with Crippen LogP contribution in [0, 0.1) is 10.1 Å². The van der Waals surface area contributed by atoms with E-state index in [0.717, 1.165) is 5.69 Å². The number of carbonyl (C=O) groups excluding carboxylic acids is 1. The van der Waals surface area contributed by atoms with E-state index in [9.17, 15) is 14.9 Å². The zero-order chi connectivity index (χ0) is 18.3. The fraction of sp³-hybridized carbons (Fsp3) is 0.235. The summed E-state index contributed by atoms with van der Waals surface area (Å²) in [5.74, 6) is 0.543. The van der Waals surface area contributed by atoms with Crippen molar-refractivity contribution in [3.63, 3.8) is 0 Å². The molecule has 0 radical (unpaired) electrons. The van der Waals surface area contributed by atoms with Crippen LogP contribution in [-0.4, -0.2) is 38.2 Å². The maximum Gasteiger partial charge on any atom is 0.270 e. The summed E-state index contributed by atoms with van der Waals surface area (Å²) in [7, 11) is 1.81. The Balaban J connectivity index is 1.53. The summed E-state index contributed by atoms with van der Waals surface area (Å²) in [4.78, 5) is 29.2. The third kappa shape index (κ3) is 2.83. The third-order valence-corrected chi connectivity index (χ3v) is 4.41. The molecule has 1 amide bonds. The van der Waals surface area contributed by atoms with Gasteiger partial charge < -0.3 is 10.2 Å². The molecule has 1 N–H and O–H groups in total. The standard InChI is InChI=1S/C17H16N6O3/c1-21-10-13(9-18-21)22-7-6-15(17(22)24)20-16-5-2-11-8-12(23(25)26)3-4-14(11)19-16/h2-5,8-10,15H,6-7H2,1H3,(H,19,20). The Bertz CT molecular complexity index is 1010. The van der Waals surface area contributed by atoms with E-state index in [1.54, 1.807) is 34.0 Å². The lowest BCUT2D eigenvalue weighted by atomic mass is 10.2. The highest BCUT2D eigenvalue weighted by atomic mass is 16.6. The molecule has 3 aromatic rings. The molecule has 3 heterocycles. The van der Waals surface area contributed by atoms with Gasteiger partial charge >= 0.3 is 0 Å². The molecule has 9 nitrogen and oxygen atoms in total. The van der Waals surface area contributed by atoms with E-state index in [1.165, 1.54) is 12.1 Å². The van der Waals surface area contributed by atoms with Crippen LogP contribution in [0.15, 0.2) is 42.7 Å². The Hall–Kier alpha value is -3.49. The second-order valence-electron chi connectivity index (χ2n) is 6.18. The van der Waals surface area contributed by atoms with E-state index < -0.39 is 4.92 Å². The van der Waals surface area contributed by atoms with Crippen molar-refractivity contribution in [3.05, 3.63) is 52.8 Å². The maximum absolute atomic E-state index is 12.6. The number of nitro benzene ring substituents is 1. The predicted molar refractivity (Wildman–Crippen MR) is 96.0 cm³/mol. The number of fused-ring (bicyclic) bond motifs is 1. The number of nitro groups is 1. The monoisotopic (exact) mass is 352 g/mol. The zero-order valence-corrected chi connectivity index (χ0v) is 14.0. The van der Waals surface area contributed by atoms with Gasteiger partial charge in [-0.3, -0.25) is 19.6 Å². The summed E-state index contributed by atoms with van der Waals surface area (Å²) < 4.78 is 1.66. The van der Waals surface area contributed by atoms with Crippen LogP contribution in [0.2, 0.25) is 0 Å². The molecule has 9 heteroatoms. The lowest BCUT2D eigenvalue weighted by Gasteiger charge is -2.15. The number of carbonyl (C=O) groups is 1. The topological polar surface area (TPSA) is 106 Å². The second kappa shape index (κ2) is 6.10. The predicted octanol–water partition coefficient (Wildman–Crippen LogP) is 2.09. The molecular weight excluding hydrogens is 336 g/mol. The van der Waals surface area contributed by atoms with Crippen molar-refractivity contribution in [2.45, 2.75) is 12.5 Å². The van der Waals surface area contributed by atoms with Crippen LogP contribution in [0.25, 0.3) is 10.9 Å². The molecular formula is C17H16N6O3. The van der Waals surface area contributed by atoms with Gasteiger partial charge in [-0.1, -0.05) is 0 Å². The molecule has 2 aromatic heterocycles. The first-order valence-electron chi connectivity index (χ1n) is 8.13. The Kier molecular flexibility index (Phi) is 3.76. The van der Waals surface area contributed by atoms with Crippen LogP contribution < -0.4 is 10.2 Å². The summed E-state index contributed by atoms with van der Waals surface area (Å²) in [6.45, 7) is 0.613. The number of amides is 1. The molecule has 1 aliphatic rings. The van der Waals surface area contributed by atoms with Gasteiger partial charge in [-0.15, -0.1) is 0 Å². The second-order valence-corrected chi connectivity index (χ2v) is 6.18. The molecule has 132 valence electrons. The molecule has 1 fully saturated rings. The van der Waals surface area contributed by atoms with Crippen LogP contribution in [0.5, 0.6) is 0 Å². The largest absolute Gasteiger partial charge is 0.358 e. The molecule has 4 rings (SSSR count). The van der Waals surface area contributed by atoms with Crippen LogP contribution in [0.3, 0.4) is 0 Å². The highest BCUT2D eigenvalue weighted by Gasteiger charge is 2.33. The number of anilines is 2. The summed E-state index contributed by atoms with van der Waals surface area (Å²) in [5.41, 5.74) is 1.44. The fourth-order valence-electron chi connectivity index (χ4n) is 3.10. The van der Waals surface area contributed by atoms with Gasteiger partial charge in [0.2, 0.25) is 5.91 Å². The Morgan fingerprint density at radius 1 is 1.31 bits per heavy atom. The van der Waals surface area contributed by atoms with Crippen molar-refractivity contribution in [1.29, 1.82) is 0 Å². The van der Waals surface area contributed by atoms with E-state index in [0.29, 0.717) is 29.7 Å². The van der Waals surface area contributed by atoms with Crippen LogP contribution >= 0.6 is 0 Å². The van der Waals surface area contributed by atoms with Crippen molar-refractivity contribution < 1.29 is 9.72 Å². The number of aromatic nitrogens is 3. The number of pyridine rings is 1. The fourth-order valence-corrected chi connectivity index (χ4v) is 3.10. The molecule has 1 aliphatic heterocycles. The van der Waals surface area contributed by atoms with Gasteiger partial charge in [0.1, 0.15) is 11.9 Å². The van der Waals surface area contributed by atoms with Gasteiger partial charge in [0.05, 0.1) is 22.3 Å². The molecule has 0 saturated carbocycles. The Morgan fingerprint density at radius 3 is 2.88 bits per heavy atom. The van der Waals surface area contributed by atoms with E-state index in [2.05, 4.69) is 15.4 Å². The first kappa shape index (κ1) is 16.0. The van der Waals surface area contributed by atoms with Crippen molar-refractivity contribution in [2.24, 2.45) is 7.05 Å². The lowest BCUT2D eigenvalue weighted by Crippen LogP contribution is -2.33. The number of nitrogens with zero attached hydrogens (tertiary/aromatic N) is 5. The van der Waals surface area contributed by atoms with Crippen LogP contribution in [0.1, 0.15) is 6.42 Å². The van der Waals surface area contributed by atoms with Crippen LogP contribution in [0.4, 0.5) is 17.2 Å². The number of rotatable bonds is 4. The number of hydrogen-bond donors (Lipinski definition) is 1. The SMILES string of the molecule is Cn1cc(N2CCC(Nc3ccc4cc([N+](=O)[O-])ccc4n3)C2=O)cn1. The average Bonchev–Trinajstić information content (AvgIpc) is 3.20. The maximum atomic E-state index is 12.6. The van der Waals surface area contributed by atoms with E-state index in [4.69, 9.17) is 0 Å². The first-order chi connectivity index (χ1) is 12.5. The molecule has 0 spiro atoms. The van der Waals surface area contributed by atoms with Gasteiger partial charge in [-0.05, 0) is 24.6 Å². The molecule has 1 unspecified atom stereocenters. The van der Waals surface area contributed by atoms with Crippen molar-refractivity contribution in [3.8, 4) is 0 Å². The normalized spacial score (nSPS) is 17.0. The average molecular weight is 352 g/mol. The molecule has 1 saturated heterocycles. The number of nitrogens with one attached hydrogen (secondary N) is 1. The zero-order valence-electron chi connectivity index (χ0n) is 14.0. The van der Waals surface area contributed by atoms with Gasteiger partial charge in [0.25, 0.3) is 5.69 Å². The van der Waals surface area contributed by atoms with Gasteiger partial charge in [-0.25, -0.2) is 4.98 Å². The molecule has 0 aliphatic carbocycles. The molecule has 1 atom stereocenters. The highest BCUT2D eigenvalue weighted by Crippen LogP contribution is 2.25. The van der Waals surface area contributed by atoms with Crippen LogP contribution in [-0.2, 0) is 11.8 Å². The minimum Gasteiger partial charge on any atom is -0.358 e. The van der Waals surface area contributed by atoms with Crippen molar-refractivity contribution in [2.75, 3.05) is 16.8 Å². The third-order valence-electron chi connectivity index (χ3n) is 4.41. The first-order valence-corrected chi connectivity index (χ1v) is 8.13. The summed E-state index contributed by atoms with van der Waals surface area (Å²) in [5, 5.41) is 18.8. The smallest absolute Gasteiger partial charge is 0.270 e. The number of aryl methyl sites for hydroxylation is 1. The lowest BCUT2D eigenvalue weighted by molar-refractivity contribution is -0.384. The van der Waals surface area contributed by atoms with Gasteiger partial charge in [0, 0.05) is 37.3 Å². The van der Waals surface area contributed by atoms with E-state index >= 15 is 0 Å². The van der Waals surface area contributed by atoms with E-state index in [1.807, 2.05) is 13.2 Å². The minimum atomic E-state index is -0.435. The van der Waals surface area contributed by atoms with Gasteiger partial charge in [0.15, 0.2) is 0 Å². The molecule has 1 aromatic carbocycles. The number of benzene rings is 1. The quantitative estimate of drug-likeness (QED) is 0.569. The summed E-state index contributed by atoms with van der Waals surface area (Å²) >= 11 is 0. The molecule has 26 heavy (non-hydrogen) atoms. The minimum absolute atomic E-state index is 0.0244. The van der Waals surface area contributed by atoms with Gasteiger partial charge in [-0.2, -0.15) is 5.10 Å². The molecule has 0 bridgehead atoms. The van der Waals surface area contributed by atoms with Crippen molar-refractivity contribution >= 4 is 34.0 Å². The summed E-state index contributed by atoms with van der Waals surface area (Å²) in [6, 6.07) is 7.64. The Morgan fingerprint density at radius 2 is 2.15 bits per heavy atom. The van der Waals surface area contributed by atoms with E-state index in [-0.39, 0.29) is 17.6 Å². The highest BCUT2D eigenvalue weighted by molar-refractivity contribution is 6.00. The van der Waals surface area contributed by atoms with Crippen molar-refractivity contribution in [1.82, 2.24) is 14.8 Å².